The van der Waals surface area contributed by atoms with Crippen LogP contribution >= 0.6 is 27.7 Å². The lowest BCUT2D eigenvalue weighted by Gasteiger charge is -2.11. The van der Waals surface area contributed by atoms with Gasteiger partial charge in [0.2, 0.25) is 5.91 Å². The number of aromatic nitrogens is 3. The Balaban J connectivity index is 1.94. The van der Waals surface area contributed by atoms with Gasteiger partial charge in [-0.1, -0.05) is 45.9 Å². The molecule has 0 unspecified atom stereocenters. The molecule has 0 fully saturated rings. The SMILES string of the molecule is C=CCNC(=O)CSc1nnc(-c2ccc(Br)cc2)n1-c1ccc(OCC)cc1. The van der Waals surface area contributed by atoms with E-state index in [4.69, 9.17) is 4.74 Å². The summed E-state index contributed by atoms with van der Waals surface area (Å²) in [6.07, 6.45) is 1.65. The molecule has 150 valence electrons. The summed E-state index contributed by atoms with van der Waals surface area (Å²) in [5, 5.41) is 12.1. The minimum atomic E-state index is -0.0821. The van der Waals surface area contributed by atoms with Crippen LogP contribution in [0, 0.1) is 0 Å². The van der Waals surface area contributed by atoms with Crippen molar-refractivity contribution in [3.05, 3.63) is 65.7 Å². The zero-order valence-corrected chi connectivity index (χ0v) is 18.4. The van der Waals surface area contributed by atoms with Gasteiger partial charge in [-0.3, -0.25) is 9.36 Å². The van der Waals surface area contributed by atoms with Gasteiger partial charge in [0.1, 0.15) is 5.75 Å². The van der Waals surface area contributed by atoms with Crippen molar-refractivity contribution in [2.24, 2.45) is 0 Å². The topological polar surface area (TPSA) is 69.0 Å². The lowest BCUT2D eigenvalue weighted by Crippen LogP contribution is -2.25. The van der Waals surface area contributed by atoms with Crippen molar-refractivity contribution >= 4 is 33.6 Å². The first kappa shape index (κ1) is 21.1. The molecule has 6 nitrogen and oxygen atoms in total. The number of nitrogens with zero attached hydrogens (tertiary/aromatic N) is 3. The van der Waals surface area contributed by atoms with Crippen LogP contribution in [-0.2, 0) is 4.79 Å². The van der Waals surface area contributed by atoms with Crippen molar-refractivity contribution in [2.75, 3.05) is 18.9 Å². The maximum atomic E-state index is 12.0. The monoisotopic (exact) mass is 472 g/mol. The van der Waals surface area contributed by atoms with Crippen LogP contribution < -0.4 is 10.1 Å². The highest BCUT2D eigenvalue weighted by molar-refractivity contribution is 9.10. The molecule has 2 aromatic carbocycles. The van der Waals surface area contributed by atoms with E-state index < -0.39 is 0 Å². The molecule has 0 atom stereocenters. The number of benzene rings is 2. The second-order valence-electron chi connectivity index (χ2n) is 5.96. The van der Waals surface area contributed by atoms with Crippen LogP contribution in [0.5, 0.6) is 5.75 Å². The predicted octanol–water partition coefficient (Wildman–Crippen LogP) is 4.49. The number of thioether (sulfide) groups is 1. The first-order chi connectivity index (χ1) is 14.1. The number of hydrogen-bond donors (Lipinski definition) is 1. The summed E-state index contributed by atoms with van der Waals surface area (Å²) < 4.78 is 8.48. The van der Waals surface area contributed by atoms with E-state index in [1.54, 1.807) is 6.08 Å². The molecule has 0 saturated carbocycles. The molecular weight excluding hydrogens is 452 g/mol. The minimum absolute atomic E-state index is 0.0821. The van der Waals surface area contributed by atoms with Crippen LogP contribution in [0.1, 0.15) is 6.92 Å². The lowest BCUT2D eigenvalue weighted by molar-refractivity contribution is -0.118. The van der Waals surface area contributed by atoms with E-state index in [9.17, 15) is 4.79 Å². The molecule has 29 heavy (non-hydrogen) atoms. The molecule has 8 heteroatoms. The Morgan fingerprint density at radius 3 is 2.59 bits per heavy atom. The van der Waals surface area contributed by atoms with Gasteiger partial charge < -0.3 is 10.1 Å². The molecular formula is C21H21BrN4O2S. The zero-order chi connectivity index (χ0) is 20.6. The summed E-state index contributed by atoms with van der Waals surface area (Å²) in [6, 6.07) is 15.6. The highest BCUT2D eigenvalue weighted by Crippen LogP contribution is 2.29. The van der Waals surface area contributed by atoms with Gasteiger partial charge >= 0.3 is 0 Å². The van der Waals surface area contributed by atoms with Gasteiger partial charge in [0.05, 0.1) is 12.4 Å². The van der Waals surface area contributed by atoms with Gasteiger partial charge in [0, 0.05) is 22.3 Å². The summed E-state index contributed by atoms with van der Waals surface area (Å²) in [5.74, 6) is 1.66. The number of halogens is 1. The Kier molecular flexibility index (Phi) is 7.48. The number of amides is 1. The van der Waals surface area contributed by atoms with Gasteiger partial charge in [-0.25, -0.2) is 0 Å². The number of hydrogen-bond acceptors (Lipinski definition) is 5. The Morgan fingerprint density at radius 1 is 1.21 bits per heavy atom. The third kappa shape index (κ3) is 5.48. The second-order valence-corrected chi connectivity index (χ2v) is 7.81. The quantitative estimate of drug-likeness (QED) is 0.367. The summed E-state index contributed by atoms with van der Waals surface area (Å²) in [5.41, 5.74) is 1.82. The maximum absolute atomic E-state index is 12.0. The molecule has 1 aromatic heterocycles. The average molecular weight is 473 g/mol. The molecule has 0 aliphatic heterocycles. The van der Waals surface area contributed by atoms with Gasteiger partial charge in [-0.15, -0.1) is 16.8 Å². The maximum Gasteiger partial charge on any atom is 0.230 e. The minimum Gasteiger partial charge on any atom is -0.494 e. The standard InChI is InChI=1S/C21H21BrN4O2S/c1-3-13-23-19(27)14-29-21-25-24-20(15-5-7-16(22)8-6-15)26(21)17-9-11-18(12-10-17)28-4-2/h3,5-12H,1,4,13-14H2,2H3,(H,23,27). The molecule has 1 amide bonds. The van der Waals surface area contributed by atoms with E-state index in [-0.39, 0.29) is 11.7 Å². The lowest BCUT2D eigenvalue weighted by atomic mass is 10.2. The van der Waals surface area contributed by atoms with Gasteiger partial charge in [0.25, 0.3) is 0 Å². The van der Waals surface area contributed by atoms with E-state index in [0.717, 1.165) is 21.5 Å². The van der Waals surface area contributed by atoms with Crippen LogP contribution in [0.25, 0.3) is 17.1 Å². The van der Waals surface area contributed by atoms with Crippen LogP contribution in [0.4, 0.5) is 0 Å². The Bertz CT molecular complexity index is 971. The van der Waals surface area contributed by atoms with E-state index in [1.807, 2.05) is 60.0 Å². The van der Waals surface area contributed by atoms with Crippen molar-refractivity contribution in [3.63, 3.8) is 0 Å². The molecule has 1 N–H and O–H groups in total. The molecule has 0 saturated heterocycles. The largest absolute Gasteiger partial charge is 0.494 e. The zero-order valence-electron chi connectivity index (χ0n) is 16.0. The number of ether oxygens (including phenoxy) is 1. The van der Waals surface area contributed by atoms with E-state index in [1.165, 1.54) is 11.8 Å². The number of carbonyl (C=O) groups excluding carboxylic acids is 1. The van der Waals surface area contributed by atoms with Gasteiger partial charge in [0.15, 0.2) is 11.0 Å². The van der Waals surface area contributed by atoms with Crippen molar-refractivity contribution in [1.82, 2.24) is 20.1 Å². The summed E-state index contributed by atoms with van der Waals surface area (Å²) in [7, 11) is 0. The number of rotatable bonds is 9. The van der Waals surface area contributed by atoms with E-state index in [2.05, 4.69) is 38.0 Å². The second kappa shape index (κ2) is 10.3. The fraction of sp³-hybridized carbons (Fsp3) is 0.190. The summed E-state index contributed by atoms with van der Waals surface area (Å²) >= 11 is 4.79. The summed E-state index contributed by atoms with van der Waals surface area (Å²) in [4.78, 5) is 12.0. The van der Waals surface area contributed by atoms with Crippen LogP contribution in [0.2, 0.25) is 0 Å². The fourth-order valence-electron chi connectivity index (χ4n) is 2.61. The Hall–Kier alpha value is -2.58. The van der Waals surface area contributed by atoms with Crippen molar-refractivity contribution in [3.8, 4) is 22.8 Å². The fourth-order valence-corrected chi connectivity index (χ4v) is 3.65. The van der Waals surface area contributed by atoms with E-state index >= 15 is 0 Å². The highest BCUT2D eigenvalue weighted by atomic mass is 79.9. The van der Waals surface area contributed by atoms with Crippen LogP contribution in [0.3, 0.4) is 0 Å². The average Bonchev–Trinajstić information content (AvgIpc) is 3.16. The van der Waals surface area contributed by atoms with Crippen LogP contribution in [0.15, 0.2) is 70.8 Å². The van der Waals surface area contributed by atoms with Gasteiger partial charge in [-0.2, -0.15) is 0 Å². The predicted molar refractivity (Wildman–Crippen MR) is 120 cm³/mol. The Morgan fingerprint density at radius 2 is 1.93 bits per heavy atom. The molecule has 3 aromatic rings. The van der Waals surface area contributed by atoms with Crippen molar-refractivity contribution < 1.29 is 9.53 Å². The first-order valence-corrected chi connectivity index (χ1v) is 10.8. The third-order valence-corrected chi connectivity index (χ3v) is 5.38. The van der Waals surface area contributed by atoms with E-state index in [0.29, 0.717) is 24.1 Å². The molecule has 1 heterocycles. The smallest absolute Gasteiger partial charge is 0.230 e. The number of nitrogens with one attached hydrogen (secondary N) is 1. The molecule has 0 aliphatic rings. The van der Waals surface area contributed by atoms with Crippen LogP contribution in [-0.4, -0.2) is 39.6 Å². The molecule has 0 bridgehead atoms. The molecule has 3 rings (SSSR count). The van der Waals surface area contributed by atoms with Gasteiger partial charge in [-0.05, 0) is 43.3 Å². The first-order valence-electron chi connectivity index (χ1n) is 9.07. The normalized spacial score (nSPS) is 10.6. The summed E-state index contributed by atoms with van der Waals surface area (Å²) in [6.45, 7) is 6.60. The molecule has 0 radical (unpaired) electrons. The molecule has 0 spiro atoms. The number of carbonyl (C=O) groups is 1. The molecule has 0 aliphatic carbocycles. The van der Waals surface area contributed by atoms with Crippen molar-refractivity contribution in [2.45, 2.75) is 12.1 Å². The highest BCUT2D eigenvalue weighted by Gasteiger charge is 2.17. The van der Waals surface area contributed by atoms with Crippen molar-refractivity contribution in [1.29, 1.82) is 0 Å². The third-order valence-electron chi connectivity index (χ3n) is 3.92. The Labute approximate surface area is 182 Å².